The fraction of sp³-hybridized carbons (Fsp3) is 0.312. The van der Waals surface area contributed by atoms with Crippen molar-refractivity contribution in [3.63, 3.8) is 0 Å². The van der Waals surface area contributed by atoms with Crippen LogP contribution in [0.1, 0.15) is 17.5 Å². The van der Waals surface area contributed by atoms with E-state index in [4.69, 9.17) is 5.73 Å². The van der Waals surface area contributed by atoms with Crippen LogP contribution in [0.2, 0.25) is 0 Å². The summed E-state index contributed by atoms with van der Waals surface area (Å²) in [5.41, 5.74) is 10.8. The zero-order valence-electron chi connectivity index (χ0n) is 11.0. The molecule has 0 atom stereocenters. The molecule has 98 valence electrons. The van der Waals surface area contributed by atoms with E-state index in [0.717, 1.165) is 31.6 Å². The number of pyridine rings is 1. The monoisotopic (exact) mass is 253 g/mol. The van der Waals surface area contributed by atoms with Crippen molar-refractivity contribution in [2.45, 2.75) is 19.3 Å². The van der Waals surface area contributed by atoms with Crippen LogP contribution >= 0.6 is 0 Å². The zero-order valence-corrected chi connectivity index (χ0v) is 11.0. The van der Waals surface area contributed by atoms with E-state index in [-0.39, 0.29) is 0 Å². The molecule has 0 radical (unpaired) electrons. The molecule has 1 aliphatic rings. The van der Waals surface area contributed by atoms with Gasteiger partial charge in [-0.15, -0.1) is 0 Å². The summed E-state index contributed by atoms with van der Waals surface area (Å²) in [4.78, 5) is 6.53. The van der Waals surface area contributed by atoms with Gasteiger partial charge in [-0.2, -0.15) is 0 Å². The van der Waals surface area contributed by atoms with E-state index in [0.29, 0.717) is 0 Å². The van der Waals surface area contributed by atoms with Gasteiger partial charge in [-0.25, -0.2) is 0 Å². The highest BCUT2D eigenvalue weighted by Crippen LogP contribution is 2.28. The molecule has 2 aromatic rings. The Morgan fingerprint density at radius 3 is 2.84 bits per heavy atom. The molecule has 0 aliphatic carbocycles. The number of hydrogen-bond acceptors (Lipinski definition) is 3. The van der Waals surface area contributed by atoms with Crippen molar-refractivity contribution in [2.24, 2.45) is 0 Å². The standard InChI is InChI=1S/C16H19N3/c17-15-3-4-16-14(12-15)2-1-10-19(16)11-7-13-5-8-18-9-6-13/h3-6,8-9,12H,1-2,7,10-11,17H2. The van der Waals surface area contributed by atoms with Crippen molar-refractivity contribution in [3.05, 3.63) is 53.9 Å². The van der Waals surface area contributed by atoms with Crippen LogP contribution in [-0.2, 0) is 12.8 Å². The van der Waals surface area contributed by atoms with Crippen molar-refractivity contribution < 1.29 is 0 Å². The quantitative estimate of drug-likeness (QED) is 0.855. The van der Waals surface area contributed by atoms with E-state index in [9.17, 15) is 0 Å². The van der Waals surface area contributed by atoms with Gasteiger partial charge in [-0.1, -0.05) is 0 Å². The van der Waals surface area contributed by atoms with Gasteiger partial charge in [0.1, 0.15) is 0 Å². The van der Waals surface area contributed by atoms with Crippen LogP contribution < -0.4 is 10.6 Å². The summed E-state index contributed by atoms with van der Waals surface area (Å²) in [5.74, 6) is 0. The number of benzene rings is 1. The van der Waals surface area contributed by atoms with Crippen LogP contribution in [0.3, 0.4) is 0 Å². The molecule has 1 aromatic heterocycles. The highest BCUT2D eigenvalue weighted by molar-refractivity contribution is 5.61. The molecule has 3 nitrogen and oxygen atoms in total. The Morgan fingerprint density at radius 1 is 1.16 bits per heavy atom. The third-order valence-corrected chi connectivity index (χ3v) is 3.74. The smallest absolute Gasteiger partial charge is 0.0400 e. The number of aromatic nitrogens is 1. The predicted octanol–water partition coefficient (Wildman–Crippen LogP) is 2.66. The second kappa shape index (κ2) is 5.31. The molecule has 0 fully saturated rings. The number of aryl methyl sites for hydroxylation is 1. The maximum atomic E-state index is 5.87. The topological polar surface area (TPSA) is 42.1 Å². The Bertz CT molecular complexity index is 551. The normalized spacial score (nSPS) is 14.2. The second-order valence-corrected chi connectivity index (χ2v) is 5.08. The lowest BCUT2D eigenvalue weighted by Crippen LogP contribution is -2.31. The van der Waals surface area contributed by atoms with Gasteiger partial charge in [-0.05, 0) is 60.7 Å². The molecule has 0 saturated carbocycles. The molecule has 0 bridgehead atoms. The van der Waals surface area contributed by atoms with E-state index < -0.39 is 0 Å². The van der Waals surface area contributed by atoms with Crippen LogP contribution in [0.4, 0.5) is 11.4 Å². The Kier molecular flexibility index (Phi) is 3.36. The summed E-state index contributed by atoms with van der Waals surface area (Å²) in [7, 11) is 0. The number of nitrogens with two attached hydrogens (primary N) is 1. The highest BCUT2D eigenvalue weighted by atomic mass is 15.1. The minimum atomic E-state index is 0.870. The van der Waals surface area contributed by atoms with Gasteiger partial charge in [0.2, 0.25) is 0 Å². The molecular formula is C16H19N3. The Hall–Kier alpha value is -2.03. The van der Waals surface area contributed by atoms with Crippen molar-refractivity contribution >= 4 is 11.4 Å². The molecule has 3 rings (SSSR count). The molecular weight excluding hydrogens is 234 g/mol. The lowest BCUT2D eigenvalue weighted by molar-refractivity contribution is 0.688. The van der Waals surface area contributed by atoms with E-state index >= 15 is 0 Å². The predicted molar refractivity (Wildman–Crippen MR) is 79.3 cm³/mol. The average molecular weight is 253 g/mol. The number of rotatable bonds is 3. The maximum Gasteiger partial charge on any atom is 0.0400 e. The van der Waals surface area contributed by atoms with Gasteiger partial charge in [0.25, 0.3) is 0 Å². The summed E-state index contributed by atoms with van der Waals surface area (Å²) in [6.07, 6.45) is 7.14. The first-order valence-electron chi connectivity index (χ1n) is 6.85. The van der Waals surface area contributed by atoms with Gasteiger partial charge in [0.15, 0.2) is 0 Å². The molecule has 0 amide bonds. The first kappa shape index (κ1) is 12.0. The van der Waals surface area contributed by atoms with E-state index in [1.165, 1.54) is 23.2 Å². The molecule has 0 spiro atoms. The van der Waals surface area contributed by atoms with Crippen molar-refractivity contribution in [3.8, 4) is 0 Å². The molecule has 2 heterocycles. The van der Waals surface area contributed by atoms with E-state index in [1.54, 1.807) is 0 Å². The summed E-state index contributed by atoms with van der Waals surface area (Å²) >= 11 is 0. The van der Waals surface area contributed by atoms with Gasteiger partial charge < -0.3 is 10.6 Å². The van der Waals surface area contributed by atoms with Crippen LogP contribution in [0.5, 0.6) is 0 Å². The van der Waals surface area contributed by atoms with Gasteiger partial charge in [0, 0.05) is 36.9 Å². The SMILES string of the molecule is Nc1ccc2c(c1)CCCN2CCc1ccncc1. The minimum absolute atomic E-state index is 0.870. The van der Waals surface area contributed by atoms with Gasteiger partial charge >= 0.3 is 0 Å². The molecule has 0 saturated heterocycles. The summed E-state index contributed by atoms with van der Waals surface area (Å²) in [5, 5.41) is 0. The fourth-order valence-corrected chi connectivity index (χ4v) is 2.74. The Balaban J connectivity index is 1.73. The first-order chi connectivity index (χ1) is 9.33. The maximum absolute atomic E-state index is 5.87. The molecule has 3 heteroatoms. The molecule has 1 aromatic carbocycles. The van der Waals surface area contributed by atoms with Crippen LogP contribution in [0.15, 0.2) is 42.7 Å². The summed E-state index contributed by atoms with van der Waals surface area (Å²) in [6.45, 7) is 2.20. The van der Waals surface area contributed by atoms with Crippen molar-refractivity contribution in [1.82, 2.24) is 4.98 Å². The lowest BCUT2D eigenvalue weighted by atomic mass is 10.0. The third-order valence-electron chi connectivity index (χ3n) is 3.74. The zero-order chi connectivity index (χ0) is 13.1. The second-order valence-electron chi connectivity index (χ2n) is 5.08. The molecule has 1 aliphatic heterocycles. The number of anilines is 2. The van der Waals surface area contributed by atoms with Crippen molar-refractivity contribution in [2.75, 3.05) is 23.7 Å². The molecule has 19 heavy (non-hydrogen) atoms. The lowest BCUT2D eigenvalue weighted by Gasteiger charge is -2.31. The minimum Gasteiger partial charge on any atom is -0.399 e. The summed E-state index contributed by atoms with van der Waals surface area (Å²) in [6, 6.07) is 10.5. The highest BCUT2D eigenvalue weighted by Gasteiger charge is 2.16. The first-order valence-corrected chi connectivity index (χ1v) is 6.85. The Labute approximate surface area is 114 Å². The number of fused-ring (bicyclic) bond motifs is 1. The van der Waals surface area contributed by atoms with E-state index in [1.807, 2.05) is 18.5 Å². The fourth-order valence-electron chi connectivity index (χ4n) is 2.74. The van der Waals surface area contributed by atoms with Gasteiger partial charge in [-0.3, -0.25) is 4.98 Å². The number of nitrogens with zero attached hydrogens (tertiary/aromatic N) is 2. The third kappa shape index (κ3) is 2.70. The van der Waals surface area contributed by atoms with Crippen LogP contribution in [0, 0.1) is 0 Å². The van der Waals surface area contributed by atoms with E-state index in [2.05, 4.69) is 34.1 Å². The largest absolute Gasteiger partial charge is 0.399 e. The number of nitrogen functional groups attached to an aromatic ring is 1. The number of hydrogen-bond donors (Lipinski definition) is 1. The van der Waals surface area contributed by atoms with Crippen LogP contribution in [-0.4, -0.2) is 18.1 Å². The molecule has 0 unspecified atom stereocenters. The summed E-state index contributed by atoms with van der Waals surface area (Å²) < 4.78 is 0. The average Bonchev–Trinajstić information content (AvgIpc) is 2.45. The molecule has 2 N–H and O–H groups in total. The Morgan fingerprint density at radius 2 is 2.00 bits per heavy atom. The van der Waals surface area contributed by atoms with Crippen molar-refractivity contribution in [1.29, 1.82) is 0 Å². The van der Waals surface area contributed by atoms with Crippen LogP contribution in [0.25, 0.3) is 0 Å². The van der Waals surface area contributed by atoms with Gasteiger partial charge in [0.05, 0.1) is 0 Å².